The molecule has 1 aromatic heterocycles. The molecule has 0 spiro atoms. The molecule has 0 amide bonds. The van der Waals surface area contributed by atoms with E-state index in [2.05, 4.69) is 10.4 Å². The lowest BCUT2D eigenvalue weighted by Gasteiger charge is -2.07. The average molecular weight is 322 g/mol. The summed E-state index contributed by atoms with van der Waals surface area (Å²) in [6.45, 7) is 5.78. The number of carboxylic acid groups (broad SMARTS) is 1. The number of nitrogens with one attached hydrogen (secondary N) is 1. The number of aromatic nitrogens is 2. The number of hydrogen-bond acceptors (Lipinski definition) is 3. The van der Waals surface area contributed by atoms with Gasteiger partial charge in [0, 0.05) is 29.4 Å². The third-order valence-electron chi connectivity index (χ3n) is 3.59. The normalized spacial score (nSPS) is 10.9. The van der Waals surface area contributed by atoms with E-state index < -0.39 is 5.97 Å². The summed E-state index contributed by atoms with van der Waals surface area (Å²) in [5, 5.41) is 17.1. The fourth-order valence-corrected chi connectivity index (χ4v) is 2.44. The Hall–Kier alpha value is -1.85. The molecule has 22 heavy (non-hydrogen) atoms. The third kappa shape index (κ3) is 4.32. The van der Waals surface area contributed by atoms with Gasteiger partial charge in [-0.3, -0.25) is 9.48 Å². The molecule has 6 heteroatoms. The Balaban J connectivity index is 2.03. The van der Waals surface area contributed by atoms with E-state index in [1.54, 1.807) is 0 Å². The van der Waals surface area contributed by atoms with Gasteiger partial charge in [-0.2, -0.15) is 5.10 Å². The van der Waals surface area contributed by atoms with Gasteiger partial charge in [0.15, 0.2) is 0 Å². The molecule has 0 aliphatic heterocycles. The lowest BCUT2D eigenvalue weighted by atomic mass is 10.2. The maximum atomic E-state index is 10.5. The van der Waals surface area contributed by atoms with Crippen LogP contribution < -0.4 is 5.32 Å². The summed E-state index contributed by atoms with van der Waals surface area (Å²) in [5.41, 5.74) is 4.32. The van der Waals surface area contributed by atoms with Crippen LogP contribution in [0.25, 0.3) is 0 Å². The van der Waals surface area contributed by atoms with Crippen molar-refractivity contribution >= 4 is 17.6 Å². The van der Waals surface area contributed by atoms with Gasteiger partial charge in [-0.05, 0) is 31.5 Å². The number of aliphatic carboxylic acids is 1. The molecule has 2 aromatic rings. The summed E-state index contributed by atoms with van der Waals surface area (Å²) in [5.74, 6) is -0.792. The molecular formula is C16H20ClN3O2. The maximum Gasteiger partial charge on any atom is 0.304 e. The largest absolute Gasteiger partial charge is 0.481 e. The van der Waals surface area contributed by atoms with Gasteiger partial charge in [0.2, 0.25) is 0 Å². The predicted octanol–water partition coefficient (Wildman–Crippen LogP) is 2.77. The first kappa shape index (κ1) is 16.5. The fourth-order valence-electron chi connectivity index (χ4n) is 2.32. The van der Waals surface area contributed by atoms with Gasteiger partial charge < -0.3 is 10.4 Å². The maximum absolute atomic E-state index is 10.5. The van der Waals surface area contributed by atoms with Crippen molar-refractivity contribution in [3.8, 4) is 0 Å². The summed E-state index contributed by atoms with van der Waals surface area (Å²) in [7, 11) is 0. The van der Waals surface area contributed by atoms with Gasteiger partial charge >= 0.3 is 5.97 Å². The Labute approximate surface area is 134 Å². The van der Waals surface area contributed by atoms with Crippen molar-refractivity contribution in [1.29, 1.82) is 0 Å². The number of aryl methyl sites for hydroxylation is 1. The molecule has 0 aliphatic rings. The van der Waals surface area contributed by atoms with Crippen molar-refractivity contribution < 1.29 is 9.90 Å². The smallest absolute Gasteiger partial charge is 0.304 e. The molecule has 0 fully saturated rings. The van der Waals surface area contributed by atoms with Gasteiger partial charge in [-0.25, -0.2) is 0 Å². The minimum absolute atomic E-state index is 0.122. The van der Waals surface area contributed by atoms with Gasteiger partial charge in [-0.15, -0.1) is 0 Å². The zero-order valence-electron chi connectivity index (χ0n) is 12.8. The zero-order valence-corrected chi connectivity index (χ0v) is 13.5. The topological polar surface area (TPSA) is 67.2 Å². The van der Waals surface area contributed by atoms with Crippen molar-refractivity contribution in [2.24, 2.45) is 0 Å². The van der Waals surface area contributed by atoms with Gasteiger partial charge in [0.1, 0.15) is 0 Å². The number of nitrogens with zero attached hydrogens (tertiary/aromatic N) is 2. The molecule has 0 saturated carbocycles. The minimum Gasteiger partial charge on any atom is -0.481 e. The highest BCUT2D eigenvalue weighted by atomic mass is 35.5. The minimum atomic E-state index is -0.792. The van der Waals surface area contributed by atoms with Gasteiger partial charge in [-0.1, -0.05) is 23.7 Å². The van der Waals surface area contributed by atoms with E-state index in [4.69, 9.17) is 16.7 Å². The van der Waals surface area contributed by atoms with Gasteiger partial charge in [0.25, 0.3) is 0 Å². The Bertz CT molecular complexity index is 650. The highest BCUT2D eigenvalue weighted by molar-refractivity contribution is 6.30. The first-order valence-corrected chi connectivity index (χ1v) is 7.55. The van der Waals surface area contributed by atoms with Crippen LogP contribution >= 0.6 is 11.6 Å². The summed E-state index contributed by atoms with van der Waals surface area (Å²) in [6, 6.07) is 7.72. The van der Waals surface area contributed by atoms with E-state index in [0.717, 1.165) is 27.5 Å². The van der Waals surface area contributed by atoms with Crippen molar-refractivity contribution in [2.45, 2.75) is 33.4 Å². The molecule has 0 radical (unpaired) electrons. The standard InChI is InChI=1S/C16H20ClN3O2/c1-11-15(9-18-8-7-16(21)22)12(2)20(19-11)10-13-3-5-14(17)6-4-13/h3-6,18H,7-10H2,1-2H3,(H,21,22). The highest BCUT2D eigenvalue weighted by Crippen LogP contribution is 2.16. The number of benzene rings is 1. The van der Waals surface area contributed by atoms with Crippen LogP contribution in [0, 0.1) is 13.8 Å². The molecule has 2 rings (SSSR count). The van der Waals surface area contributed by atoms with Crippen LogP contribution in [0.4, 0.5) is 0 Å². The van der Waals surface area contributed by atoms with E-state index in [-0.39, 0.29) is 6.42 Å². The molecule has 118 valence electrons. The van der Waals surface area contributed by atoms with Crippen LogP contribution in [-0.2, 0) is 17.9 Å². The molecule has 0 aliphatic carbocycles. The van der Waals surface area contributed by atoms with Crippen LogP contribution in [0.2, 0.25) is 5.02 Å². The molecule has 0 atom stereocenters. The van der Waals surface area contributed by atoms with Crippen LogP contribution in [0.3, 0.4) is 0 Å². The van der Waals surface area contributed by atoms with E-state index in [1.165, 1.54) is 0 Å². The molecule has 0 unspecified atom stereocenters. The average Bonchev–Trinajstić information content (AvgIpc) is 2.72. The summed E-state index contributed by atoms with van der Waals surface area (Å²) in [6.07, 6.45) is 0.122. The molecule has 0 saturated heterocycles. The van der Waals surface area contributed by atoms with E-state index >= 15 is 0 Å². The molecule has 1 heterocycles. The van der Waals surface area contributed by atoms with E-state index in [0.29, 0.717) is 19.6 Å². The predicted molar refractivity (Wildman–Crippen MR) is 86.2 cm³/mol. The van der Waals surface area contributed by atoms with Crippen molar-refractivity contribution in [2.75, 3.05) is 6.54 Å². The van der Waals surface area contributed by atoms with Crippen LogP contribution in [0.15, 0.2) is 24.3 Å². The Morgan fingerprint density at radius 3 is 2.64 bits per heavy atom. The monoisotopic (exact) mass is 321 g/mol. The number of rotatable bonds is 7. The molecular weight excluding hydrogens is 302 g/mol. The Kier molecular flexibility index (Phi) is 5.57. The van der Waals surface area contributed by atoms with Crippen molar-refractivity contribution in [1.82, 2.24) is 15.1 Å². The number of hydrogen-bond donors (Lipinski definition) is 2. The molecule has 5 nitrogen and oxygen atoms in total. The fraction of sp³-hybridized carbons (Fsp3) is 0.375. The van der Waals surface area contributed by atoms with Crippen LogP contribution in [-0.4, -0.2) is 27.4 Å². The second kappa shape index (κ2) is 7.42. The number of carbonyl (C=O) groups is 1. The first-order chi connectivity index (χ1) is 10.5. The second-order valence-electron chi connectivity index (χ2n) is 5.25. The lowest BCUT2D eigenvalue weighted by molar-refractivity contribution is -0.136. The quantitative estimate of drug-likeness (QED) is 0.770. The summed E-state index contributed by atoms with van der Waals surface area (Å²) >= 11 is 5.90. The molecule has 1 aromatic carbocycles. The first-order valence-electron chi connectivity index (χ1n) is 7.17. The number of halogens is 1. The summed E-state index contributed by atoms with van der Waals surface area (Å²) in [4.78, 5) is 10.5. The SMILES string of the molecule is Cc1nn(Cc2ccc(Cl)cc2)c(C)c1CNCCC(=O)O. The van der Waals surface area contributed by atoms with Gasteiger partial charge in [0.05, 0.1) is 18.7 Å². The van der Waals surface area contributed by atoms with Crippen LogP contribution in [0.1, 0.15) is 28.9 Å². The van der Waals surface area contributed by atoms with E-state index in [9.17, 15) is 4.79 Å². The lowest BCUT2D eigenvalue weighted by Crippen LogP contribution is -2.18. The molecule has 0 bridgehead atoms. The van der Waals surface area contributed by atoms with Crippen LogP contribution in [0.5, 0.6) is 0 Å². The summed E-state index contributed by atoms with van der Waals surface area (Å²) < 4.78 is 1.97. The number of carboxylic acids is 1. The highest BCUT2D eigenvalue weighted by Gasteiger charge is 2.11. The van der Waals surface area contributed by atoms with Crippen molar-refractivity contribution in [3.63, 3.8) is 0 Å². The van der Waals surface area contributed by atoms with E-state index in [1.807, 2.05) is 42.8 Å². The second-order valence-corrected chi connectivity index (χ2v) is 5.69. The Morgan fingerprint density at radius 2 is 2.00 bits per heavy atom. The zero-order chi connectivity index (χ0) is 16.1. The Morgan fingerprint density at radius 1 is 1.32 bits per heavy atom. The third-order valence-corrected chi connectivity index (χ3v) is 3.85. The molecule has 2 N–H and O–H groups in total. The van der Waals surface area contributed by atoms with Crippen molar-refractivity contribution in [3.05, 3.63) is 51.8 Å².